The first kappa shape index (κ1) is 18.3. The van der Waals surface area contributed by atoms with Crippen molar-refractivity contribution in [3.63, 3.8) is 0 Å². The molecule has 0 atom stereocenters. The monoisotopic (exact) mass is 376 g/mol. The van der Waals surface area contributed by atoms with Crippen molar-refractivity contribution < 1.29 is 22.6 Å². The van der Waals surface area contributed by atoms with Gasteiger partial charge in [-0.15, -0.1) is 0 Å². The fourth-order valence-corrected chi connectivity index (χ4v) is 2.20. The average Bonchev–Trinajstić information content (AvgIpc) is 2.65. The van der Waals surface area contributed by atoms with E-state index in [1.165, 1.54) is 18.5 Å². The lowest BCUT2D eigenvalue weighted by atomic mass is 10.2. The Kier molecular flexibility index (Phi) is 5.02. The van der Waals surface area contributed by atoms with Crippen molar-refractivity contribution >= 4 is 17.2 Å². The summed E-state index contributed by atoms with van der Waals surface area (Å²) in [5.74, 6) is 1.49. The van der Waals surface area contributed by atoms with Gasteiger partial charge in [-0.3, -0.25) is 0 Å². The van der Waals surface area contributed by atoms with E-state index in [2.05, 4.69) is 15.3 Å². The molecule has 3 rings (SSSR count). The number of halogens is 3. The van der Waals surface area contributed by atoms with Crippen molar-refractivity contribution in [3.05, 3.63) is 60.4 Å². The van der Waals surface area contributed by atoms with Gasteiger partial charge in [-0.05, 0) is 48.5 Å². The molecule has 0 bridgehead atoms. The van der Waals surface area contributed by atoms with Gasteiger partial charge in [0.2, 0.25) is 5.88 Å². The van der Waals surface area contributed by atoms with E-state index in [1.807, 2.05) is 0 Å². The van der Waals surface area contributed by atoms with E-state index in [0.29, 0.717) is 17.2 Å². The highest BCUT2D eigenvalue weighted by Gasteiger charge is 2.29. The molecular weight excluding hydrogens is 361 g/mol. The van der Waals surface area contributed by atoms with Crippen LogP contribution in [-0.2, 0) is 6.18 Å². The summed E-state index contributed by atoms with van der Waals surface area (Å²) in [5, 5.41) is 2.85. The molecule has 1 aromatic heterocycles. The van der Waals surface area contributed by atoms with Crippen LogP contribution in [0.25, 0.3) is 0 Å². The third kappa shape index (κ3) is 4.38. The number of rotatable bonds is 5. The van der Waals surface area contributed by atoms with Gasteiger partial charge < -0.3 is 20.5 Å². The van der Waals surface area contributed by atoms with Gasteiger partial charge in [-0.1, -0.05) is 0 Å². The zero-order chi connectivity index (χ0) is 19.4. The molecule has 2 aromatic carbocycles. The van der Waals surface area contributed by atoms with Crippen molar-refractivity contribution in [2.24, 2.45) is 0 Å². The Morgan fingerprint density at radius 3 is 2.15 bits per heavy atom. The average molecular weight is 376 g/mol. The van der Waals surface area contributed by atoms with E-state index in [-0.39, 0.29) is 17.4 Å². The van der Waals surface area contributed by atoms with E-state index in [1.54, 1.807) is 31.4 Å². The number of nitrogens with zero attached hydrogens (tertiary/aromatic N) is 2. The lowest BCUT2D eigenvalue weighted by molar-refractivity contribution is -0.137. The van der Waals surface area contributed by atoms with E-state index in [4.69, 9.17) is 15.2 Å². The van der Waals surface area contributed by atoms with Gasteiger partial charge in [0.05, 0.1) is 12.7 Å². The minimum Gasteiger partial charge on any atom is -0.497 e. The summed E-state index contributed by atoms with van der Waals surface area (Å²) in [6, 6.07) is 11.3. The molecule has 0 fully saturated rings. The van der Waals surface area contributed by atoms with Gasteiger partial charge >= 0.3 is 6.18 Å². The molecule has 3 aromatic rings. The Labute approximate surface area is 152 Å². The van der Waals surface area contributed by atoms with Crippen molar-refractivity contribution in [1.82, 2.24) is 9.97 Å². The first-order valence-electron chi connectivity index (χ1n) is 7.73. The Bertz CT molecular complexity index is 913. The number of nitrogens with one attached hydrogen (secondary N) is 1. The standard InChI is InChI=1S/C18H15F3N4O2/c1-26-13-6-8-14(9-7-13)27-17-15(22)16(23-10-24-17)25-12-4-2-11(3-5-12)18(19,20)21/h2-10H,22H2,1H3,(H,23,24,25). The van der Waals surface area contributed by atoms with Crippen LogP contribution in [0.1, 0.15) is 5.56 Å². The topological polar surface area (TPSA) is 82.3 Å². The number of benzene rings is 2. The summed E-state index contributed by atoms with van der Waals surface area (Å²) in [5.41, 5.74) is 5.78. The largest absolute Gasteiger partial charge is 0.497 e. The van der Waals surface area contributed by atoms with E-state index in [0.717, 1.165) is 12.1 Å². The van der Waals surface area contributed by atoms with E-state index in [9.17, 15) is 13.2 Å². The number of alkyl halides is 3. The van der Waals surface area contributed by atoms with Gasteiger partial charge in [0.25, 0.3) is 0 Å². The number of nitrogen functional groups attached to an aromatic ring is 1. The normalized spacial score (nSPS) is 11.1. The van der Waals surface area contributed by atoms with E-state index >= 15 is 0 Å². The molecule has 0 saturated heterocycles. The quantitative estimate of drug-likeness (QED) is 0.676. The number of anilines is 3. The van der Waals surface area contributed by atoms with Crippen LogP contribution in [0.3, 0.4) is 0 Å². The zero-order valence-electron chi connectivity index (χ0n) is 14.1. The predicted molar refractivity (Wildman–Crippen MR) is 94.2 cm³/mol. The minimum absolute atomic E-state index is 0.115. The fourth-order valence-electron chi connectivity index (χ4n) is 2.20. The third-order valence-electron chi connectivity index (χ3n) is 3.60. The smallest absolute Gasteiger partial charge is 0.416 e. The van der Waals surface area contributed by atoms with Crippen LogP contribution < -0.4 is 20.5 Å². The molecule has 0 aliphatic carbocycles. The van der Waals surface area contributed by atoms with Gasteiger partial charge in [-0.25, -0.2) is 4.98 Å². The predicted octanol–water partition coefficient (Wildman–Crippen LogP) is 4.62. The summed E-state index contributed by atoms with van der Waals surface area (Å²) in [6.45, 7) is 0. The van der Waals surface area contributed by atoms with Crippen LogP contribution in [-0.4, -0.2) is 17.1 Å². The molecule has 140 valence electrons. The van der Waals surface area contributed by atoms with Crippen molar-refractivity contribution in [2.45, 2.75) is 6.18 Å². The molecule has 0 amide bonds. The SMILES string of the molecule is COc1ccc(Oc2ncnc(Nc3ccc(C(F)(F)F)cc3)c2N)cc1. The molecular formula is C18H15F3N4O2. The van der Waals surface area contributed by atoms with Crippen LogP contribution in [0.15, 0.2) is 54.9 Å². The molecule has 3 N–H and O–H groups in total. The number of aromatic nitrogens is 2. The van der Waals surface area contributed by atoms with Crippen LogP contribution in [0.4, 0.5) is 30.4 Å². The number of hydrogen-bond acceptors (Lipinski definition) is 6. The first-order valence-corrected chi connectivity index (χ1v) is 7.73. The molecule has 9 heteroatoms. The number of ether oxygens (including phenoxy) is 2. The molecule has 0 saturated carbocycles. The Hall–Kier alpha value is -3.49. The van der Waals surface area contributed by atoms with Crippen molar-refractivity contribution in [2.75, 3.05) is 18.2 Å². The van der Waals surface area contributed by atoms with E-state index < -0.39 is 11.7 Å². The summed E-state index contributed by atoms with van der Waals surface area (Å²) in [7, 11) is 1.55. The summed E-state index contributed by atoms with van der Waals surface area (Å²) in [6.07, 6.45) is -3.16. The summed E-state index contributed by atoms with van der Waals surface area (Å²) >= 11 is 0. The molecule has 0 aliphatic rings. The second-order valence-electron chi connectivity index (χ2n) is 5.42. The van der Waals surface area contributed by atoms with Crippen molar-refractivity contribution in [1.29, 1.82) is 0 Å². The van der Waals surface area contributed by atoms with Crippen LogP contribution in [0, 0.1) is 0 Å². The fraction of sp³-hybridized carbons (Fsp3) is 0.111. The van der Waals surface area contributed by atoms with Gasteiger partial charge in [-0.2, -0.15) is 18.2 Å². The maximum atomic E-state index is 12.6. The highest BCUT2D eigenvalue weighted by atomic mass is 19.4. The van der Waals surface area contributed by atoms with Crippen LogP contribution in [0.2, 0.25) is 0 Å². The third-order valence-corrected chi connectivity index (χ3v) is 3.60. The lowest BCUT2D eigenvalue weighted by Gasteiger charge is -2.13. The number of hydrogen-bond donors (Lipinski definition) is 2. The maximum Gasteiger partial charge on any atom is 0.416 e. The molecule has 0 unspecified atom stereocenters. The minimum atomic E-state index is -4.40. The highest BCUT2D eigenvalue weighted by Crippen LogP contribution is 2.33. The number of methoxy groups -OCH3 is 1. The van der Waals surface area contributed by atoms with Gasteiger partial charge in [0.15, 0.2) is 5.82 Å². The van der Waals surface area contributed by atoms with Crippen molar-refractivity contribution in [3.8, 4) is 17.4 Å². The summed E-state index contributed by atoms with van der Waals surface area (Å²) in [4.78, 5) is 7.99. The second kappa shape index (κ2) is 7.40. The Morgan fingerprint density at radius 2 is 1.56 bits per heavy atom. The molecule has 0 aliphatic heterocycles. The zero-order valence-corrected chi connectivity index (χ0v) is 14.1. The second-order valence-corrected chi connectivity index (χ2v) is 5.42. The van der Waals surface area contributed by atoms with Gasteiger partial charge in [0.1, 0.15) is 23.5 Å². The maximum absolute atomic E-state index is 12.6. The van der Waals surface area contributed by atoms with Crippen LogP contribution >= 0.6 is 0 Å². The molecule has 6 nitrogen and oxygen atoms in total. The Balaban J connectivity index is 1.78. The summed E-state index contributed by atoms with van der Waals surface area (Å²) < 4.78 is 48.6. The molecule has 0 spiro atoms. The first-order chi connectivity index (χ1) is 12.9. The molecule has 27 heavy (non-hydrogen) atoms. The van der Waals surface area contributed by atoms with Crippen LogP contribution in [0.5, 0.6) is 17.4 Å². The lowest BCUT2D eigenvalue weighted by Crippen LogP contribution is -2.05. The number of nitrogens with two attached hydrogens (primary N) is 1. The Morgan fingerprint density at radius 1 is 0.926 bits per heavy atom. The molecule has 0 radical (unpaired) electrons. The molecule has 1 heterocycles. The van der Waals surface area contributed by atoms with Gasteiger partial charge in [0, 0.05) is 5.69 Å². The highest BCUT2D eigenvalue weighted by molar-refractivity contribution is 5.72.